The van der Waals surface area contributed by atoms with E-state index < -0.39 is 20.6 Å². The predicted octanol–water partition coefficient (Wildman–Crippen LogP) is 1.58. The summed E-state index contributed by atoms with van der Waals surface area (Å²) < 4.78 is 27.1. The number of aliphatic hydroxyl groups is 1. The molecule has 0 saturated heterocycles. The summed E-state index contributed by atoms with van der Waals surface area (Å²) in [7, 11) is -2.40. The number of methoxy groups -OCH3 is 1. The van der Waals surface area contributed by atoms with Crippen molar-refractivity contribution in [3.05, 3.63) is 35.4 Å². The first-order chi connectivity index (χ1) is 11.7. The number of ether oxygens (including phenoxy) is 1. The zero-order chi connectivity index (χ0) is 18.7. The van der Waals surface area contributed by atoms with Crippen LogP contribution in [0.1, 0.15) is 30.9 Å². The van der Waals surface area contributed by atoms with Gasteiger partial charge in [0.1, 0.15) is 0 Å². The lowest BCUT2D eigenvalue weighted by Crippen LogP contribution is -2.44. The van der Waals surface area contributed by atoms with Crippen molar-refractivity contribution >= 4 is 15.8 Å². The largest absolute Gasteiger partial charge is 0.468 e. The molecule has 25 heavy (non-hydrogen) atoms. The molecular weight excluding hydrogens is 340 g/mol. The Morgan fingerprint density at radius 1 is 1.36 bits per heavy atom. The van der Waals surface area contributed by atoms with Crippen LogP contribution in [-0.2, 0) is 25.8 Å². The van der Waals surface area contributed by atoms with Crippen molar-refractivity contribution < 1.29 is 23.1 Å². The minimum atomic E-state index is -3.59. The van der Waals surface area contributed by atoms with Crippen LogP contribution in [0.4, 0.5) is 0 Å². The number of hydrogen-bond acceptors (Lipinski definition) is 5. The zero-order valence-electron chi connectivity index (χ0n) is 14.8. The molecule has 2 unspecified atom stereocenters. The normalized spacial score (nSPS) is 21.6. The van der Waals surface area contributed by atoms with E-state index in [0.29, 0.717) is 18.3 Å². The van der Waals surface area contributed by atoms with Gasteiger partial charge in [-0.15, -0.1) is 0 Å². The number of benzene rings is 1. The Morgan fingerprint density at radius 3 is 2.48 bits per heavy atom. The second-order valence-electron chi connectivity index (χ2n) is 6.75. The number of carbonyl (C=O) groups excluding carboxylic acids is 1. The quantitative estimate of drug-likeness (QED) is 0.612. The fourth-order valence-corrected chi connectivity index (χ4v) is 3.45. The fraction of sp³-hybridized carbons (Fsp3) is 0.526. The van der Waals surface area contributed by atoms with Gasteiger partial charge in [0.2, 0.25) is 0 Å². The Morgan fingerprint density at radius 2 is 2.00 bits per heavy atom. The standard InChI is InChI=1S/C19H24O5S/c1-19(18(21)24-2,25(3,22)23)11-10-15-6-4-14(5-7-15)8-9-16-12-17(16)13-20/h4-7,16-17,20H,10-13H2,1-3H3/t16?,17-,19?/m1/s1. The van der Waals surface area contributed by atoms with E-state index in [2.05, 4.69) is 16.6 Å². The van der Waals surface area contributed by atoms with E-state index in [1.807, 2.05) is 24.3 Å². The first-order valence-electron chi connectivity index (χ1n) is 8.20. The van der Waals surface area contributed by atoms with Gasteiger partial charge in [0, 0.05) is 24.3 Å². The number of esters is 1. The number of aryl methyl sites for hydroxylation is 1. The molecule has 1 aliphatic carbocycles. The first-order valence-corrected chi connectivity index (χ1v) is 10.1. The molecule has 1 aromatic rings. The van der Waals surface area contributed by atoms with Crippen LogP contribution in [0.15, 0.2) is 24.3 Å². The lowest BCUT2D eigenvalue weighted by molar-refractivity contribution is -0.143. The van der Waals surface area contributed by atoms with Gasteiger partial charge in [-0.3, -0.25) is 4.79 Å². The minimum absolute atomic E-state index is 0.157. The molecule has 0 radical (unpaired) electrons. The van der Waals surface area contributed by atoms with Gasteiger partial charge in [0.05, 0.1) is 7.11 Å². The van der Waals surface area contributed by atoms with Gasteiger partial charge in [0.15, 0.2) is 14.6 Å². The van der Waals surface area contributed by atoms with Crippen LogP contribution in [0.2, 0.25) is 0 Å². The Kier molecular flexibility index (Phi) is 5.91. The number of hydrogen-bond donors (Lipinski definition) is 1. The SMILES string of the molecule is COC(=O)C(C)(CCc1ccc(C#CC2C[C@@H]2CO)cc1)S(C)(=O)=O. The van der Waals surface area contributed by atoms with Crippen LogP contribution >= 0.6 is 0 Å². The molecule has 6 heteroatoms. The van der Waals surface area contributed by atoms with Crippen molar-refractivity contribution in [1.29, 1.82) is 0 Å². The van der Waals surface area contributed by atoms with Crippen molar-refractivity contribution in [2.75, 3.05) is 20.0 Å². The molecule has 1 aliphatic rings. The van der Waals surface area contributed by atoms with Crippen LogP contribution in [0.25, 0.3) is 0 Å². The van der Waals surface area contributed by atoms with Crippen molar-refractivity contribution in [3.8, 4) is 11.8 Å². The molecule has 2 rings (SSSR count). The fourth-order valence-electron chi connectivity index (χ4n) is 2.59. The Bertz CT molecular complexity index is 785. The molecule has 0 aliphatic heterocycles. The lowest BCUT2D eigenvalue weighted by Gasteiger charge is -2.24. The second-order valence-corrected chi connectivity index (χ2v) is 9.19. The van der Waals surface area contributed by atoms with Crippen molar-refractivity contribution in [2.24, 2.45) is 11.8 Å². The van der Waals surface area contributed by atoms with Crippen molar-refractivity contribution in [2.45, 2.75) is 30.9 Å². The molecule has 1 saturated carbocycles. The molecule has 5 nitrogen and oxygen atoms in total. The average Bonchev–Trinajstić information content (AvgIpc) is 3.35. The molecule has 3 atom stereocenters. The van der Waals surface area contributed by atoms with E-state index in [4.69, 9.17) is 5.11 Å². The molecule has 1 aromatic carbocycles. The average molecular weight is 364 g/mol. The smallest absolute Gasteiger partial charge is 0.326 e. The third-order valence-electron chi connectivity index (χ3n) is 4.84. The summed E-state index contributed by atoms with van der Waals surface area (Å²) in [6.45, 7) is 1.60. The predicted molar refractivity (Wildman–Crippen MR) is 95.6 cm³/mol. The highest BCUT2D eigenvalue weighted by Crippen LogP contribution is 2.37. The summed E-state index contributed by atoms with van der Waals surface area (Å²) in [5.41, 5.74) is 1.81. The summed E-state index contributed by atoms with van der Waals surface area (Å²) in [5, 5.41) is 9.01. The van der Waals surface area contributed by atoms with Gasteiger partial charge in [-0.1, -0.05) is 24.0 Å². The topological polar surface area (TPSA) is 80.7 Å². The third-order valence-corrected chi connectivity index (χ3v) is 6.85. The van der Waals surface area contributed by atoms with Gasteiger partial charge in [-0.05, 0) is 49.8 Å². The summed E-state index contributed by atoms with van der Waals surface area (Å²) in [4.78, 5) is 11.9. The van der Waals surface area contributed by atoms with Gasteiger partial charge in [0.25, 0.3) is 0 Å². The van der Waals surface area contributed by atoms with E-state index in [0.717, 1.165) is 23.8 Å². The maximum absolute atomic E-state index is 12.0. The molecule has 1 fully saturated rings. The van der Waals surface area contributed by atoms with E-state index in [9.17, 15) is 13.2 Å². The Balaban J connectivity index is 2.02. The number of carbonyl (C=O) groups is 1. The molecule has 1 N–H and O–H groups in total. The zero-order valence-corrected chi connectivity index (χ0v) is 15.6. The Labute approximate surface area is 149 Å². The van der Waals surface area contributed by atoms with Crippen LogP contribution < -0.4 is 0 Å². The highest BCUT2D eigenvalue weighted by molar-refractivity contribution is 7.92. The van der Waals surface area contributed by atoms with Crippen LogP contribution in [-0.4, -0.2) is 44.2 Å². The first kappa shape index (κ1) is 19.5. The highest BCUT2D eigenvalue weighted by Gasteiger charge is 2.44. The van der Waals surface area contributed by atoms with Gasteiger partial charge < -0.3 is 9.84 Å². The van der Waals surface area contributed by atoms with Gasteiger partial charge in [-0.2, -0.15) is 0 Å². The maximum atomic E-state index is 12.0. The molecule has 0 heterocycles. The van der Waals surface area contributed by atoms with Crippen LogP contribution in [0.5, 0.6) is 0 Å². The van der Waals surface area contributed by atoms with Crippen LogP contribution in [0.3, 0.4) is 0 Å². The molecule has 0 bridgehead atoms. The maximum Gasteiger partial charge on any atom is 0.326 e. The summed E-state index contributed by atoms with van der Waals surface area (Å²) in [6.07, 6.45) is 2.62. The third kappa shape index (κ3) is 4.62. The summed E-state index contributed by atoms with van der Waals surface area (Å²) in [6, 6.07) is 7.55. The number of rotatable bonds is 6. The molecular formula is C19H24O5S. The molecule has 136 valence electrons. The minimum Gasteiger partial charge on any atom is -0.468 e. The summed E-state index contributed by atoms with van der Waals surface area (Å²) in [5.74, 6) is 6.11. The molecule has 0 aromatic heterocycles. The lowest BCUT2D eigenvalue weighted by atomic mass is 9.99. The monoisotopic (exact) mass is 364 g/mol. The number of aliphatic hydroxyl groups excluding tert-OH is 1. The van der Waals surface area contributed by atoms with E-state index in [-0.39, 0.29) is 13.0 Å². The van der Waals surface area contributed by atoms with Crippen LogP contribution in [0, 0.1) is 23.7 Å². The Hall–Kier alpha value is -1.84. The van der Waals surface area contributed by atoms with Gasteiger partial charge >= 0.3 is 5.97 Å². The highest BCUT2D eigenvalue weighted by atomic mass is 32.2. The van der Waals surface area contributed by atoms with E-state index in [1.165, 1.54) is 14.0 Å². The molecule has 0 amide bonds. The summed E-state index contributed by atoms with van der Waals surface area (Å²) >= 11 is 0. The van der Waals surface area contributed by atoms with E-state index >= 15 is 0 Å². The van der Waals surface area contributed by atoms with Crippen molar-refractivity contribution in [3.63, 3.8) is 0 Å². The molecule has 0 spiro atoms. The number of sulfone groups is 1. The second kappa shape index (κ2) is 7.59. The van der Waals surface area contributed by atoms with Gasteiger partial charge in [-0.25, -0.2) is 8.42 Å². The van der Waals surface area contributed by atoms with Crippen molar-refractivity contribution in [1.82, 2.24) is 0 Å². The van der Waals surface area contributed by atoms with E-state index in [1.54, 1.807) is 0 Å².